The molecule has 5 nitrogen and oxygen atoms in total. The molecule has 1 atom stereocenters. The fourth-order valence-electron chi connectivity index (χ4n) is 1.23. The van der Waals surface area contributed by atoms with Crippen LogP contribution in [-0.2, 0) is 9.59 Å². The third-order valence-corrected chi connectivity index (χ3v) is 2.93. The van der Waals surface area contributed by atoms with E-state index in [1.807, 2.05) is 55.4 Å². The topological polar surface area (TPSA) is 78.4 Å². The average molecular weight is 304 g/mol. The summed E-state index contributed by atoms with van der Waals surface area (Å²) in [5, 5.41) is 15.0. The van der Waals surface area contributed by atoms with Gasteiger partial charge in [0.25, 0.3) is 0 Å². The molecule has 3 N–H and O–H groups in total. The number of rotatable bonds is 7. The second-order valence-electron chi connectivity index (χ2n) is 4.74. The Bertz CT molecular complexity index is 266. The average Bonchev–Trinajstić information content (AvgIpc) is 2.50. The van der Waals surface area contributed by atoms with Crippen LogP contribution in [0.4, 0.5) is 0 Å². The second-order valence-corrected chi connectivity index (χ2v) is 4.74. The van der Waals surface area contributed by atoms with Crippen molar-refractivity contribution in [2.24, 2.45) is 5.41 Å². The third kappa shape index (κ3) is 12.4. The number of carbonyl (C=O) groups is 2. The van der Waals surface area contributed by atoms with Crippen LogP contribution in [0.25, 0.3) is 0 Å². The zero-order valence-corrected chi connectivity index (χ0v) is 15.2. The molecule has 0 aliphatic heterocycles. The molecule has 21 heavy (non-hydrogen) atoms. The molecule has 0 aromatic heterocycles. The first-order chi connectivity index (χ1) is 9.85. The Hall–Kier alpha value is -1.10. The van der Waals surface area contributed by atoms with Gasteiger partial charge >= 0.3 is 0 Å². The maximum Gasteiger partial charge on any atom is 0.249 e. The van der Waals surface area contributed by atoms with Crippen LogP contribution in [0.3, 0.4) is 0 Å². The Morgan fingerprint density at radius 3 is 1.90 bits per heavy atom. The standard InChI is InChI=1S/C12H24N2O3.2C2H6/c1-5-12(3,4)10(16)11(17)14-8-7-9(15)13-6-2;2*1-2/h10,16H,5-8H2,1-4H3,(H,13,15)(H,14,17);2*1-2H3. The third-order valence-electron chi connectivity index (χ3n) is 2.93. The van der Waals surface area contributed by atoms with Crippen molar-refractivity contribution in [2.75, 3.05) is 13.1 Å². The molecule has 0 bridgehead atoms. The van der Waals surface area contributed by atoms with Gasteiger partial charge in [-0.15, -0.1) is 0 Å². The molecule has 0 saturated heterocycles. The lowest BCUT2D eigenvalue weighted by atomic mass is 9.83. The summed E-state index contributed by atoms with van der Waals surface area (Å²) in [6.07, 6.45) is -0.0988. The summed E-state index contributed by atoms with van der Waals surface area (Å²) in [6.45, 7) is 16.3. The molecule has 0 aliphatic rings. The van der Waals surface area contributed by atoms with Crippen molar-refractivity contribution in [2.45, 2.75) is 74.3 Å². The smallest absolute Gasteiger partial charge is 0.249 e. The van der Waals surface area contributed by atoms with Gasteiger partial charge in [0.15, 0.2) is 0 Å². The Labute approximate surface area is 130 Å². The molecule has 128 valence electrons. The van der Waals surface area contributed by atoms with Gasteiger partial charge in [0.05, 0.1) is 0 Å². The van der Waals surface area contributed by atoms with Gasteiger partial charge < -0.3 is 15.7 Å². The summed E-state index contributed by atoms with van der Waals surface area (Å²) in [7, 11) is 0. The highest BCUT2D eigenvalue weighted by Crippen LogP contribution is 2.24. The first-order valence-electron chi connectivity index (χ1n) is 8.07. The van der Waals surface area contributed by atoms with Crippen LogP contribution in [0, 0.1) is 5.41 Å². The van der Waals surface area contributed by atoms with Crippen molar-refractivity contribution in [1.82, 2.24) is 10.6 Å². The molecule has 0 fully saturated rings. The van der Waals surface area contributed by atoms with Crippen molar-refractivity contribution in [1.29, 1.82) is 0 Å². The van der Waals surface area contributed by atoms with Crippen LogP contribution in [-0.4, -0.2) is 36.1 Å². The number of nitrogens with one attached hydrogen (secondary N) is 2. The fourth-order valence-corrected chi connectivity index (χ4v) is 1.23. The molecule has 0 rings (SSSR count). The number of aliphatic hydroxyl groups is 1. The van der Waals surface area contributed by atoms with Crippen LogP contribution in [0.1, 0.15) is 68.2 Å². The molecule has 0 aromatic rings. The maximum absolute atomic E-state index is 11.6. The highest BCUT2D eigenvalue weighted by molar-refractivity contribution is 5.82. The Morgan fingerprint density at radius 2 is 1.52 bits per heavy atom. The van der Waals surface area contributed by atoms with E-state index in [0.29, 0.717) is 13.0 Å². The molecular weight excluding hydrogens is 268 g/mol. The van der Waals surface area contributed by atoms with Crippen molar-refractivity contribution in [3.63, 3.8) is 0 Å². The number of amides is 2. The van der Waals surface area contributed by atoms with E-state index in [2.05, 4.69) is 10.6 Å². The predicted molar refractivity (Wildman–Crippen MR) is 89.1 cm³/mol. The van der Waals surface area contributed by atoms with E-state index in [1.165, 1.54) is 0 Å². The van der Waals surface area contributed by atoms with Crippen LogP contribution >= 0.6 is 0 Å². The fraction of sp³-hybridized carbons (Fsp3) is 0.875. The lowest BCUT2D eigenvalue weighted by Gasteiger charge is -2.28. The Morgan fingerprint density at radius 1 is 1.05 bits per heavy atom. The van der Waals surface area contributed by atoms with Gasteiger partial charge in [0, 0.05) is 19.5 Å². The maximum atomic E-state index is 11.6. The molecule has 0 aromatic carbocycles. The number of carbonyl (C=O) groups excluding carboxylic acids is 2. The lowest BCUT2D eigenvalue weighted by molar-refractivity contribution is -0.135. The minimum atomic E-state index is -1.04. The van der Waals surface area contributed by atoms with Crippen molar-refractivity contribution >= 4 is 11.8 Å². The Kier molecular flexibility index (Phi) is 18.1. The van der Waals surface area contributed by atoms with Crippen molar-refractivity contribution in [3.8, 4) is 0 Å². The normalized spacial score (nSPS) is 11.1. The first kappa shape index (κ1) is 24.9. The number of hydrogen-bond donors (Lipinski definition) is 3. The Balaban J connectivity index is -0.000000739. The van der Waals surface area contributed by atoms with Crippen LogP contribution < -0.4 is 10.6 Å². The monoisotopic (exact) mass is 304 g/mol. The highest BCUT2D eigenvalue weighted by atomic mass is 16.3. The molecule has 0 aliphatic carbocycles. The van der Waals surface area contributed by atoms with E-state index in [-0.39, 0.29) is 18.9 Å². The summed E-state index contributed by atoms with van der Waals surface area (Å²) in [5.74, 6) is -0.516. The minimum absolute atomic E-state index is 0.1000. The molecule has 0 radical (unpaired) electrons. The predicted octanol–water partition coefficient (Wildman–Crippen LogP) is 2.48. The van der Waals surface area contributed by atoms with Crippen LogP contribution in [0.5, 0.6) is 0 Å². The highest BCUT2D eigenvalue weighted by Gasteiger charge is 2.31. The van der Waals surface area contributed by atoms with Gasteiger partial charge in [0.1, 0.15) is 6.10 Å². The SMILES string of the molecule is CC.CC.CCNC(=O)CCNC(=O)C(O)C(C)(C)CC. The van der Waals surface area contributed by atoms with E-state index in [1.54, 1.807) is 0 Å². The van der Waals surface area contributed by atoms with E-state index >= 15 is 0 Å². The van der Waals surface area contributed by atoms with Gasteiger partial charge in [0.2, 0.25) is 11.8 Å². The minimum Gasteiger partial charge on any atom is -0.383 e. The summed E-state index contributed by atoms with van der Waals surface area (Å²) in [6, 6.07) is 0. The van der Waals surface area contributed by atoms with Gasteiger partial charge in [-0.05, 0) is 18.8 Å². The summed E-state index contributed by atoms with van der Waals surface area (Å²) in [5.41, 5.74) is -0.449. The molecule has 0 heterocycles. The first-order valence-corrected chi connectivity index (χ1v) is 8.07. The molecular formula is C16H36N2O3. The van der Waals surface area contributed by atoms with Crippen molar-refractivity contribution < 1.29 is 14.7 Å². The van der Waals surface area contributed by atoms with Gasteiger partial charge in [-0.1, -0.05) is 48.5 Å². The van der Waals surface area contributed by atoms with E-state index < -0.39 is 17.4 Å². The molecule has 0 saturated carbocycles. The van der Waals surface area contributed by atoms with Gasteiger partial charge in [-0.3, -0.25) is 9.59 Å². The van der Waals surface area contributed by atoms with Crippen LogP contribution in [0.15, 0.2) is 0 Å². The molecule has 5 heteroatoms. The van der Waals surface area contributed by atoms with E-state index in [0.717, 1.165) is 0 Å². The number of hydrogen-bond acceptors (Lipinski definition) is 3. The summed E-state index contributed by atoms with van der Waals surface area (Å²) >= 11 is 0. The molecule has 0 spiro atoms. The summed E-state index contributed by atoms with van der Waals surface area (Å²) < 4.78 is 0. The van der Waals surface area contributed by atoms with Gasteiger partial charge in [-0.2, -0.15) is 0 Å². The largest absolute Gasteiger partial charge is 0.383 e. The summed E-state index contributed by atoms with van der Waals surface area (Å²) in [4.78, 5) is 22.7. The van der Waals surface area contributed by atoms with Gasteiger partial charge in [-0.25, -0.2) is 0 Å². The van der Waals surface area contributed by atoms with E-state index in [4.69, 9.17) is 0 Å². The second kappa shape index (κ2) is 15.3. The molecule has 2 amide bonds. The quantitative estimate of drug-likeness (QED) is 0.676. The number of aliphatic hydroxyl groups excluding tert-OH is 1. The van der Waals surface area contributed by atoms with Crippen LogP contribution in [0.2, 0.25) is 0 Å². The van der Waals surface area contributed by atoms with Crippen molar-refractivity contribution in [3.05, 3.63) is 0 Å². The van der Waals surface area contributed by atoms with E-state index in [9.17, 15) is 14.7 Å². The molecule has 1 unspecified atom stereocenters. The zero-order chi connectivity index (χ0) is 17.5. The zero-order valence-electron chi connectivity index (χ0n) is 15.2. The lowest BCUT2D eigenvalue weighted by Crippen LogP contribution is -2.44.